The standard InChI is InChI=1S/C18H20N2O3/c1-2-8-20-11-7-14-12-15(3-4-16(14)17(20)21)19-9-5-13(6-10-19)18(22)23/h2-4,7,11-13H,1,5-6,8-10H2,(H,22,23). The van der Waals surface area contributed by atoms with Gasteiger partial charge in [0.2, 0.25) is 0 Å². The van der Waals surface area contributed by atoms with Crippen molar-refractivity contribution in [1.82, 2.24) is 4.57 Å². The van der Waals surface area contributed by atoms with Crippen LogP contribution >= 0.6 is 0 Å². The van der Waals surface area contributed by atoms with Crippen LogP contribution in [-0.2, 0) is 11.3 Å². The van der Waals surface area contributed by atoms with Crippen molar-refractivity contribution in [3.05, 3.63) is 53.5 Å². The predicted molar refractivity (Wildman–Crippen MR) is 91.0 cm³/mol. The molecule has 1 fully saturated rings. The van der Waals surface area contributed by atoms with E-state index in [0.717, 1.165) is 24.2 Å². The lowest BCUT2D eigenvalue weighted by atomic mass is 9.96. The van der Waals surface area contributed by atoms with E-state index < -0.39 is 5.97 Å². The Bertz CT molecular complexity index is 802. The minimum atomic E-state index is -0.703. The molecule has 1 aromatic carbocycles. The average molecular weight is 312 g/mol. The van der Waals surface area contributed by atoms with Gasteiger partial charge in [-0.25, -0.2) is 0 Å². The van der Waals surface area contributed by atoms with E-state index in [1.165, 1.54) is 0 Å². The number of hydrogen-bond donors (Lipinski definition) is 1. The smallest absolute Gasteiger partial charge is 0.306 e. The highest BCUT2D eigenvalue weighted by molar-refractivity contribution is 5.85. The molecule has 0 saturated carbocycles. The van der Waals surface area contributed by atoms with Gasteiger partial charge in [0.15, 0.2) is 0 Å². The minimum absolute atomic E-state index is 0.0152. The number of rotatable bonds is 4. The molecule has 0 atom stereocenters. The van der Waals surface area contributed by atoms with E-state index in [1.54, 1.807) is 16.8 Å². The summed E-state index contributed by atoms with van der Waals surface area (Å²) in [6.07, 6.45) is 4.81. The van der Waals surface area contributed by atoms with Crippen LogP contribution in [0.3, 0.4) is 0 Å². The van der Waals surface area contributed by atoms with Crippen LogP contribution in [0.1, 0.15) is 12.8 Å². The molecule has 0 aliphatic carbocycles. The van der Waals surface area contributed by atoms with E-state index in [9.17, 15) is 9.59 Å². The third-order valence-corrected chi connectivity index (χ3v) is 4.50. The van der Waals surface area contributed by atoms with Gasteiger partial charge in [-0.3, -0.25) is 9.59 Å². The molecule has 120 valence electrons. The van der Waals surface area contributed by atoms with E-state index in [-0.39, 0.29) is 11.5 Å². The fourth-order valence-electron chi connectivity index (χ4n) is 3.14. The molecule has 1 aromatic heterocycles. The quantitative estimate of drug-likeness (QED) is 0.881. The SMILES string of the molecule is C=CCn1ccc2cc(N3CCC(C(=O)O)CC3)ccc2c1=O. The Hall–Kier alpha value is -2.56. The molecule has 1 aliphatic heterocycles. The van der Waals surface area contributed by atoms with Crippen LogP contribution in [0.5, 0.6) is 0 Å². The first-order valence-corrected chi connectivity index (χ1v) is 7.82. The zero-order valence-electron chi connectivity index (χ0n) is 12.9. The maximum Gasteiger partial charge on any atom is 0.306 e. The summed E-state index contributed by atoms with van der Waals surface area (Å²) in [6.45, 7) is 5.63. The molecule has 0 bridgehead atoms. The second kappa shape index (κ2) is 6.28. The summed E-state index contributed by atoms with van der Waals surface area (Å²) in [4.78, 5) is 25.6. The summed E-state index contributed by atoms with van der Waals surface area (Å²) in [5.41, 5.74) is 1.03. The second-order valence-corrected chi connectivity index (χ2v) is 5.93. The van der Waals surface area contributed by atoms with Gasteiger partial charge >= 0.3 is 5.97 Å². The number of allylic oxidation sites excluding steroid dienone is 1. The number of carboxylic acid groups (broad SMARTS) is 1. The van der Waals surface area contributed by atoms with Crippen LogP contribution in [0.2, 0.25) is 0 Å². The lowest BCUT2D eigenvalue weighted by molar-refractivity contribution is -0.142. The summed E-state index contributed by atoms with van der Waals surface area (Å²) in [5.74, 6) is -0.941. The Balaban J connectivity index is 1.87. The molecule has 0 unspecified atom stereocenters. The van der Waals surface area contributed by atoms with Crippen molar-refractivity contribution in [2.24, 2.45) is 5.92 Å². The fourth-order valence-corrected chi connectivity index (χ4v) is 3.14. The molecular weight excluding hydrogens is 292 g/mol. The maximum absolute atomic E-state index is 12.4. The number of aliphatic carboxylic acids is 1. The number of pyridine rings is 1. The molecule has 0 amide bonds. The lowest BCUT2D eigenvalue weighted by Gasteiger charge is -2.32. The van der Waals surface area contributed by atoms with Crippen LogP contribution in [0.4, 0.5) is 5.69 Å². The number of piperidine rings is 1. The van der Waals surface area contributed by atoms with Crippen molar-refractivity contribution in [1.29, 1.82) is 0 Å². The largest absolute Gasteiger partial charge is 0.481 e. The summed E-state index contributed by atoms with van der Waals surface area (Å²) in [7, 11) is 0. The number of fused-ring (bicyclic) bond motifs is 1. The first kappa shape index (κ1) is 15.3. The number of benzene rings is 1. The van der Waals surface area contributed by atoms with Crippen molar-refractivity contribution in [2.75, 3.05) is 18.0 Å². The van der Waals surface area contributed by atoms with Crippen LogP contribution in [0.15, 0.2) is 47.9 Å². The van der Waals surface area contributed by atoms with Gasteiger partial charge in [-0.2, -0.15) is 0 Å². The van der Waals surface area contributed by atoms with Crippen molar-refractivity contribution < 1.29 is 9.90 Å². The Kier molecular flexibility index (Phi) is 4.19. The molecule has 1 aliphatic rings. The second-order valence-electron chi connectivity index (χ2n) is 5.93. The highest BCUT2D eigenvalue weighted by atomic mass is 16.4. The molecule has 2 heterocycles. The number of hydrogen-bond acceptors (Lipinski definition) is 3. The zero-order chi connectivity index (χ0) is 16.4. The molecule has 1 saturated heterocycles. The molecular formula is C18H20N2O3. The zero-order valence-corrected chi connectivity index (χ0v) is 12.9. The Morgan fingerprint density at radius 1 is 1.30 bits per heavy atom. The van der Waals surface area contributed by atoms with Gasteiger partial charge in [-0.1, -0.05) is 6.08 Å². The molecule has 5 heteroatoms. The predicted octanol–water partition coefficient (Wildman–Crippen LogP) is 2.49. The summed E-state index contributed by atoms with van der Waals surface area (Å²) >= 11 is 0. The van der Waals surface area contributed by atoms with Gasteiger partial charge in [0.1, 0.15) is 0 Å². The first-order chi connectivity index (χ1) is 11.1. The summed E-state index contributed by atoms with van der Waals surface area (Å²) in [5, 5.41) is 10.7. The van der Waals surface area contributed by atoms with Gasteiger partial charge in [-0.05, 0) is 42.5 Å². The van der Waals surface area contributed by atoms with Crippen molar-refractivity contribution >= 4 is 22.4 Å². The summed E-state index contributed by atoms with van der Waals surface area (Å²) in [6, 6.07) is 7.75. The highest BCUT2D eigenvalue weighted by Gasteiger charge is 2.24. The van der Waals surface area contributed by atoms with Crippen LogP contribution in [0.25, 0.3) is 10.8 Å². The third kappa shape index (κ3) is 2.99. The molecule has 23 heavy (non-hydrogen) atoms. The highest BCUT2D eigenvalue weighted by Crippen LogP contribution is 2.25. The van der Waals surface area contributed by atoms with Gasteiger partial charge in [-0.15, -0.1) is 6.58 Å². The van der Waals surface area contributed by atoms with Crippen LogP contribution in [-0.4, -0.2) is 28.7 Å². The van der Waals surface area contributed by atoms with Crippen LogP contribution in [0, 0.1) is 5.92 Å². The Morgan fingerprint density at radius 3 is 2.70 bits per heavy atom. The molecule has 0 radical (unpaired) electrons. The molecule has 0 spiro atoms. The maximum atomic E-state index is 12.4. The topological polar surface area (TPSA) is 62.5 Å². The Labute approximate surface area is 134 Å². The van der Waals surface area contributed by atoms with Crippen LogP contribution < -0.4 is 10.5 Å². The molecule has 2 aromatic rings. The van der Waals surface area contributed by atoms with Crippen molar-refractivity contribution in [3.8, 4) is 0 Å². The third-order valence-electron chi connectivity index (χ3n) is 4.50. The van der Waals surface area contributed by atoms with E-state index in [4.69, 9.17) is 5.11 Å². The average Bonchev–Trinajstić information content (AvgIpc) is 2.57. The van der Waals surface area contributed by atoms with Gasteiger partial charge in [0.05, 0.1) is 5.92 Å². The lowest BCUT2D eigenvalue weighted by Crippen LogP contribution is -2.36. The number of anilines is 1. The normalized spacial score (nSPS) is 15.7. The monoisotopic (exact) mass is 312 g/mol. The molecule has 1 N–H and O–H groups in total. The van der Waals surface area contributed by atoms with Gasteiger partial charge < -0.3 is 14.6 Å². The van der Waals surface area contributed by atoms with Gasteiger partial charge in [0, 0.05) is 36.9 Å². The molecule has 5 nitrogen and oxygen atoms in total. The van der Waals surface area contributed by atoms with E-state index in [1.807, 2.05) is 24.3 Å². The number of nitrogens with zero attached hydrogens (tertiary/aromatic N) is 2. The molecule has 3 rings (SSSR count). The van der Waals surface area contributed by atoms with Crippen molar-refractivity contribution in [3.63, 3.8) is 0 Å². The Morgan fingerprint density at radius 2 is 2.04 bits per heavy atom. The first-order valence-electron chi connectivity index (χ1n) is 7.82. The van der Waals surface area contributed by atoms with Crippen molar-refractivity contribution in [2.45, 2.75) is 19.4 Å². The summed E-state index contributed by atoms with van der Waals surface area (Å²) < 4.78 is 1.63. The number of carboxylic acids is 1. The fraction of sp³-hybridized carbons (Fsp3) is 0.333. The number of carbonyl (C=O) groups is 1. The van der Waals surface area contributed by atoms with E-state index in [0.29, 0.717) is 24.8 Å². The number of aromatic nitrogens is 1. The van der Waals surface area contributed by atoms with E-state index in [2.05, 4.69) is 11.5 Å². The van der Waals surface area contributed by atoms with Gasteiger partial charge in [0.25, 0.3) is 5.56 Å². The van der Waals surface area contributed by atoms with E-state index >= 15 is 0 Å². The minimum Gasteiger partial charge on any atom is -0.481 e.